The number of benzene rings is 2. The maximum atomic E-state index is 6.19. The number of hydrogen-bond acceptors (Lipinski definition) is 4. The number of fused-ring (bicyclic) bond motifs is 1. The van der Waals surface area contributed by atoms with Gasteiger partial charge in [-0.1, -0.05) is 29.8 Å². The second-order valence-electron chi connectivity index (χ2n) is 6.59. The highest BCUT2D eigenvalue weighted by Crippen LogP contribution is 2.27. The molecule has 1 aromatic heterocycles. The predicted molar refractivity (Wildman–Crippen MR) is 116 cm³/mol. The molecule has 27 heavy (non-hydrogen) atoms. The molecule has 5 heteroatoms. The van der Waals surface area contributed by atoms with Crippen molar-refractivity contribution in [3.05, 3.63) is 64.8 Å². The van der Waals surface area contributed by atoms with Gasteiger partial charge in [-0.3, -0.25) is 0 Å². The van der Waals surface area contributed by atoms with Gasteiger partial charge < -0.3 is 15.0 Å². The zero-order chi connectivity index (χ0) is 19.2. The number of rotatable bonds is 7. The first-order valence-corrected chi connectivity index (χ1v) is 9.24. The number of anilines is 1. The van der Waals surface area contributed by atoms with E-state index in [2.05, 4.69) is 30.4 Å². The summed E-state index contributed by atoms with van der Waals surface area (Å²) < 4.78 is 5.20. The van der Waals surface area contributed by atoms with Gasteiger partial charge in [0.15, 0.2) is 0 Å². The Labute approximate surface area is 165 Å². The Morgan fingerprint density at radius 3 is 2.56 bits per heavy atom. The molecule has 0 aliphatic rings. The van der Waals surface area contributed by atoms with Crippen LogP contribution in [-0.4, -0.2) is 44.2 Å². The molecule has 0 fully saturated rings. The zero-order valence-electron chi connectivity index (χ0n) is 15.9. The third-order valence-electron chi connectivity index (χ3n) is 4.23. The minimum Gasteiger partial charge on any atom is -0.497 e. The first kappa shape index (κ1) is 19.2. The quantitative estimate of drug-likeness (QED) is 0.622. The van der Waals surface area contributed by atoms with Crippen LogP contribution in [0.3, 0.4) is 0 Å². The maximum absolute atomic E-state index is 6.19. The van der Waals surface area contributed by atoms with Crippen LogP contribution in [0.15, 0.2) is 48.5 Å². The fourth-order valence-corrected chi connectivity index (χ4v) is 2.93. The van der Waals surface area contributed by atoms with E-state index in [1.807, 2.05) is 54.6 Å². The van der Waals surface area contributed by atoms with E-state index in [0.717, 1.165) is 46.7 Å². The molecule has 4 nitrogen and oxygen atoms in total. The number of pyridine rings is 1. The Kier molecular flexibility index (Phi) is 6.32. The van der Waals surface area contributed by atoms with Crippen LogP contribution in [0.1, 0.15) is 11.3 Å². The van der Waals surface area contributed by atoms with Crippen LogP contribution in [0.4, 0.5) is 5.69 Å². The molecule has 2 aromatic carbocycles. The van der Waals surface area contributed by atoms with Gasteiger partial charge in [-0.25, -0.2) is 4.98 Å². The molecule has 0 unspecified atom stereocenters. The average molecular weight is 382 g/mol. The fraction of sp³-hybridized carbons (Fsp3) is 0.227. The minimum absolute atomic E-state index is 0.710. The maximum Gasteiger partial charge on any atom is 0.118 e. The molecule has 3 rings (SSSR count). The van der Waals surface area contributed by atoms with Gasteiger partial charge in [0.05, 0.1) is 18.3 Å². The van der Waals surface area contributed by atoms with Crippen LogP contribution in [0.25, 0.3) is 23.1 Å². The summed E-state index contributed by atoms with van der Waals surface area (Å²) >= 11 is 6.19. The summed E-state index contributed by atoms with van der Waals surface area (Å²) in [6.07, 6.45) is 4.07. The molecule has 140 valence electrons. The Morgan fingerprint density at radius 2 is 1.85 bits per heavy atom. The number of ether oxygens (including phenoxy) is 1. The monoisotopic (exact) mass is 381 g/mol. The number of aromatic nitrogens is 1. The lowest BCUT2D eigenvalue weighted by Crippen LogP contribution is -2.20. The highest BCUT2D eigenvalue weighted by atomic mass is 35.5. The smallest absolute Gasteiger partial charge is 0.118 e. The fourth-order valence-electron chi connectivity index (χ4n) is 2.76. The third kappa shape index (κ3) is 5.22. The molecule has 1 heterocycles. The van der Waals surface area contributed by atoms with Crippen molar-refractivity contribution in [2.45, 2.75) is 0 Å². The van der Waals surface area contributed by atoms with Gasteiger partial charge in [0.2, 0.25) is 0 Å². The van der Waals surface area contributed by atoms with E-state index < -0.39 is 0 Å². The summed E-state index contributed by atoms with van der Waals surface area (Å²) in [5, 5.41) is 5.25. The molecule has 0 saturated heterocycles. The van der Waals surface area contributed by atoms with Gasteiger partial charge in [0.25, 0.3) is 0 Å². The van der Waals surface area contributed by atoms with Crippen LogP contribution in [0, 0.1) is 0 Å². The summed E-state index contributed by atoms with van der Waals surface area (Å²) in [5.41, 5.74) is 3.95. The Balaban J connectivity index is 1.90. The van der Waals surface area contributed by atoms with Crippen LogP contribution in [0.2, 0.25) is 5.02 Å². The molecule has 0 atom stereocenters. The van der Waals surface area contributed by atoms with Crippen molar-refractivity contribution in [2.75, 3.05) is 39.6 Å². The first-order valence-electron chi connectivity index (χ1n) is 8.86. The van der Waals surface area contributed by atoms with Crippen molar-refractivity contribution < 1.29 is 4.74 Å². The van der Waals surface area contributed by atoms with Crippen molar-refractivity contribution in [3.63, 3.8) is 0 Å². The lowest BCUT2D eigenvalue weighted by molar-refractivity contribution is 0.415. The molecule has 0 aliphatic heterocycles. The van der Waals surface area contributed by atoms with E-state index in [1.54, 1.807) is 7.11 Å². The predicted octanol–water partition coefficient (Wildman–Crippen LogP) is 5.04. The largest absolute Gasteiger partial charge is 0.497 e. The number of nitrogens with one attached hydrogen (secondary N) is 1. The molecule has 3 aromatic rings. The van der Waals surface area contributed by atoms with Gasteiger partial charge in [0.1, 0.15) is 5.75 Å². The van der Waals surface area contributed by atoms with Crippen molar-refractivity contribution in [3.8, 4) is 5.75 Å². The Bertz CT molecular complexity index is 936. The zero-order valence-corrected chi connectivity index (χ0v) is 16.6. The van der Waals surface area contributed by atoms with Crippen LogP contribution >= 0.6 is 11.6 Å². The third-order valence-corrected chi connectivity index (χ3v) is 4.46. The van der Waals surface area contributed by atoms with Gasteiger partial charge in [-0.05, 0) is 62.1 Å². The van der Waals surface area contributed by atoms with Crippen LogP contribution in [0.5, 0.6) is 5.75 Å². The number of methoxy groups -OCH3 is 1. The SMILES string of the molecule is COc1ccc(/C=C/c2cc(NCCN(C)C)c3cc(Cl)ccc3n2)cc1. The van der Waals surface area contributed by atoms with E-state index in [1.165, 1.54) is 0 Å². The van der Waals surface area contributed by atoms with Gasteiger partial charge in [0, 0.05) is 29.2 Å². The highest BCUT2D eigenvalue weighted by molar-refractivity contribution is 6.31. The summed E-state index contributed by atoms with van der Waals surface area (Å²) in [7, 11) is 5.79. The lowest BCUT2D eigenvalue weighted by atomic mass is 10.1. The van der Waals surface area contributed by atoms with Gasteiger partial charge >= 0.3 is 0 Å². The van der Waals surface area contributed by atoms with Crippen LogP contribution in [-0.2, 0) is 0 Å². The topological polar surface area (TPSA) is 37.4 Å². The average Bonchev–Trinajstić information content (AvgIpc) is 2.67. The lowest BCUT2D eigenvalue weighted by Gasteiger charge is -2.14. The molecule has 0 radical (unpaired) electrons. The van der Waals surface area contributed by atoms with E-state index in [0.29, 0.717) is 5.02 Å². The summed E-state index contributed by atoms with van der Waals surface area (Å²) in [4.78, 5) is 6.90. The van der Waals surface area contributed by atoms with E-state index >= 15 is 0 Å². The number of likely N-dealkylation sites (N-methyl/N-ethyl adjacent to an activating group) is 1. The number of hydrogen-bond donors (Lipinski definition) is 1. The molecule has 0 amide bonds. The summed E-state index contributed by atoms with van der Waals surface area (Å²) in [6, 6.07) is 15.8. The molecular formula is C22H24ClN3O. The highest BCUT2D eigenvalue weighted by Gasteiger charge is 2.06. The van der Waals surface area contributed by atoms with E-state index in [4.69, 9.17) is 21.3 Å². The van der Waals surface area contributed by atoms with Crippen LogP contribution < -0.4 is 10.1 Å². The second-order valence-corrected chi connectivity index (χ2v) is 7.03. The van der Waals surface area contributed by atoms with E-state index in [9.17, 15) is 0 Å². The Hall–Kier alpha value is -2.56. The van der Waals surface area contributed by atoms with Gasteiger partial charge in [-0.15, -0.1) is 0 Å². The first-order chi connectivity index (χ1) is 13.0. The molecule has 0 aliphatic carbocycles. The normalized spacial score (nSPS) is 11.4. The molecular weight excluding hydrogens is 358 g/mol. The number of halogens is 1. The van der Waals surface area contributed by atoms with Crippen molar-refractivity contribution in [2.24, 2.45) is 0 Å². The standard InChI is InChI=1S/C22H24ClN3O/c1-26(2)13-12-24-22-15-18(25-21-11-7-17(23)14-20(21)22)8-4-16-5-9-19(27-3)10-6-16/h4-11,14-15H,12-13H2,1-3H3,(H,24,25)/b8-4+. The van der Waals surface area contributed by atoms with Crippen molar-refractivity contribution >= 4 is 40.3 Å². The second kappa shape index (κ2) is 8.89. The van der Waals surface area contributed by atoms with Gasteiger partial charge in [-0.2, -0.15) is 0 Å². The van der Waals surface area contributed by atoms with Crippen molar-refractivity contribution in [1.82, 2.24) is 9.88 Å². The Morgan fingerprint density at radius 1 is 1.07 bits per heavy atom. The minimum atomic E-state index is 0.710. The summed E-state index contributed by atoms with van der Waals surface area (Å²) in [6.45, 7) is 1.79. The summed E-state index contributed by atoms with van der Waals surface area (Å²) in [5.74, 6) is 0.847. The molecule has 1 N–H and O–H groups in total. The molecule has 0 saturated carbocycles. The van der Waals surface area contributed by atoms with E-state index in [-0.39, 0.29) is 0 Å². The number of nitrogens with zero attached hydrogens (tertiary/aromatic N) is 2. The molecule has 0 spiro atoms. The molecule has 0 bridgehead atoms. The van der Waals surface area contributed by atoms with Crippen molar-refractivity contribution in [1.29, 1.82) is 0 Å².